The Hall–Kier alpha value is -1.33. The van der Waals surface area contributed by atoms with E-state index in [-0.39, 0.29) is 18.1 Å². The second-order valence-corrected chi connectivity index (χ2v) is 7.02. The van der Waals surface area contributed by atoms with Gasteiger partial charge in [0.25, 0.3) is 5.91 Å². The summed E-state index contributed by atoms with van der Waals surface area (Å²) in [5.41, 5.74) is 0. The summed E-state index contributed by atoms with van der Waals surface area (Å²) in [6.45, 7) is 5.05. The maximum Gasteiger partial charge on any atom is 0.251 e. The minimum absolute atomic E-state index is 0.146. The lowest BCUT2D eigenvalue weighted by atomic mass is 10.2. The van der Waals surface area contributed by atoms with Crippen molar-refractivity contribution in [1.82, 2.24) is 9.88 Å². The van der Waals surface area contributed by atoms with Gasteiger partial charge in [-0.2, -0.15) is 0 Å². The Morgan fingerprint density at radius 2 is 2.00 bits per heavy atom. The van der Waals surface area contributed by atoms with E-state index in [0.29, 0.717) is 18.1 Å². The Balaban J connectivity index is 1.52. The molecule has 5 nitrogen and oxygen atoms in total. The number of amides is 1. The Kier molecular flexibility index (Phi) is 5.95. The van der Waals surface area contributed by atoms with E-state index in [0.717, 1.165) is 38.2 Å². The van der Waals surface area contributed by atoms with Gasteiger partial charge in [-0.3, -0.25) is 4.79 Å². The first-order valence-electron chi connectivity index (χ1n) is 8.98. The van der Waals surface area contributed by atoms with E-state index >= 15 is 0 Å². The van der Waals surface area contributed by atoms with E-state index in [9.17, 15) is 4.79 Å². The number of carbonyl (C=O) groups is 1. The lowest BCUT2D eigenvalue weighted by Gasteiger charge is -2.37. The first kappa shape index (κ1) is 17.5. The molecule has 1 aromatic rings. The fourth-order valence-electron chi connectivity index (χ4n) is 3.50. The molecule has 24 heavy (non-hydrogen) atoms. The molecule has 132 valence electrons. The molecule has 0 N–H and O–H groups in total. The van der Waals surface area contributed by atoms with Crippen LogP contribution in [-0.2, 0) is 9.53 Å². The maximum absolute atomic E-state index is 12.8. The number of pyridine rings is 1. The smallest absolute Gasteiger partial charge is 0.251 e. The first-order valence-corrected chi connectivity index (χ1v) is 9.36. The molecule has 3 rings (SSSR count). The summed E-state index contributed by atoms with van der Waals surface area (Å²) in [5, 5.41) is 0.641. The first-order chi connectivity index (χ1) is 11.7. The van der Waals surface area contributed by atoms with Gasteiger partial charge in [-0.15, -0.1) is 0 Å². The Morgan fingerprint density at radius 3 is 2.58 bits per heavy atom. The molecule has 2 fully saturated rings. The van der Waals surface area contributed by atoms with Gasteiger partial charge in [-0.1, -0.05) is 31.4 Å². The van der Waals surface area contributed by atoms with Crippen LogP contribution in [0.15, 0.2) is 18.3 Å². The molecule has 0 bridgehead atoms. The van der Waals surface area contributed by atoms with E-state index in [1.54, 1.807) is 6.20 Å². The van der Waals surface area contributed by atoms with Gasteiger partial charge in [0.2, 0.25) is 0 Å². The van der Waals surface area contributed by atoms with Crippen LogP contribution in [0.5, 0.6) is 0 Å². The summed E-state index contributed by atoms with van der Waals surface area (Å²) in [6, 6.07) is 3.78. The number of anilines is 1. The number of aromatic nitrogens is 1. The molecule has 1 aromatic heterocycles. The standard InChI is InChI=1S/C18H26ClN3O2/c1-2-16(24-15-5-3-4-6-15)18(23)22-11-9-21(10-12-22)17-8-7-14(19)13-20-17/h7-8,13,15-16H,2-6,9-12H2,1H3. The Labute approximate surface area is 148 Å². The third-order valence-corrected chi connectivity index (χ3v) is 5.16. The number of rotatable bonds is 5. The molecule has 1 saturated heterocycles. The van der Waals surface area contributed by atoms with Crippen LogP contribution in [0.4, 0.5) is 5.82 Å². The van der Waals surface area contributed by atoms with Crippen LogP contribution in [0.2, 0.25) is 5.02 Å². The normalized spacial score (nSPS) is 20.4. The highest BCUT2D eigenvalue weighted by Gasteiger charge is 2.30. The Morgan fingerprint density at radius 1 is 1.29 bits per heavy atom. The van der Waals surface area contributed by atoms with Crippen molar-refractivity contribution >= 4 is 23.3 Å². The predicted molar refractivity (Wildman–Crippen MR) is 95.5 cm³/mol. The third kappa shape index (κ3) is 4.19. The van der Waals surface area contributed by atoms with Crippen LogP contribution >= 0.6 is 11.6 Å². The van der Waals surface area contributed by atoms with Gasteiger partial charge in [-0.25, -0.2) is 4.98 Å². The van der Waals surface area contributed by atoms with Gasteiger partial charge in [0, 0.05) is 32.4 Å². The molecule has 0 radical (unpaired) electrons. The molecule has 1 aliphatic carbocycles. The molecule has 6 heteroatoms. The Bertz CT molecular complexity index is 538. The molecule has 0 spiro atoms. The molecule has 2 heterocycles. The van der Waals surface area contributed by atoms with Gasteiger partial charge in [0.1, 0.15) is 11.9 Å². The van der Waals surface area contributed by atoms with Crippen molar-refractivity contribution in [3.05, 3.63) is 23.4 Å². The number of ether oxygens (including phenoxy) is 1. The number of hydrogen-bond acceptors (Lipinski definition) is 4. The van der Waals surface area contributed by atoms with Crippen molar-refractivity contribution < 1.29 is 9.53 Å². The number of piperazine rings is 1. The minimum atomic E-state index is -0.284. The van der Waals surface area contributed by atoms with Crippen LogP contribution in [0.1, 0.15) is 39.0 Å². The lowest BCUT2D eigenvalue weighted by Crippen LogP contribution is -2.52. The maximum atomic E-state index is 12.8. The molecule has 1 unspecified atom stereocenters. The summed E-state index contributed by atoms with van der Waals surface area (Å²) in [7, 11) is 0. The molecule has 0 aromatic carbocycles. The summed E-state index contributed by atoms with van der Waals surface area (Å²) in [4.78, 5) is 21.2. The fraction of sp³-hybridized carbons (Fsp3) is 0.667. The van der Waals surface area contributed by atoms with E-state index in [2.05, 4.69) is 9.88 Å². The van der Waals surface area contributed by atoms with Crippen LogP contribution in [0.25, 0.3) is 0 Å². The zero-order chi connectivity index (χ0) is 16.9. The van der Waals surface area contributed by atoms with Crippen LogP contribution in [0.3, 0.4) is 0 Å². The molecule has 2 aliphatic rings. The number of nitrogens with zero attached hydrogens (tertiary/aromatic N) is 3. The van der Waals surface area contributed by atoms with E-state index in [1.165, 1.54) is 12.8 Å². The van der Waals surface area contributed by atoms with Crippen molar-refractivity contribution in [2.24, 2.45) is 0 Å². The van der Waals surface area contributed by atoms with Crippen molar-refractivity contribution in [2.75, 3.05) is 31.1 Å². The van der Waals surface area contributed by atoms with Gasteiger partial charge in [0.15, 0.2) is 0 Å². The molecule has 1 aliphatic heterocycles. The topological polar surface area (TPSA) is 45.7 Å². The highest BCUT2D eigenvalue weighted by Crippen LogP contribution is 2.24. The van der Waals surface area contributed by atoms with Gasteiger partial charge >= 0.3 is 0 Å². The third-order valence-electron chi connectivity index (χ3n) is 4.93. The highest BCUT2D eigenvalue weighted by atomic mass is 35.5. The van der Waals surface area contributed by atoms with E-state index in [1.807, 2.05) is 24.0 Å². The summed E-state index contributed by atoms with van der Waals surface area (Å²) in [6.07, 6.45) is 7.04. The largest absolute Gasteiger partial charge is 0.365 e. The van der Waals surface area contributed by atoms with Gasteiger partial charge in [0.05, 0.1) is 11.1 Å². The quantitative estimate of drug-likeness (QED) is 0.817. The summed E-state index contributed by atoms with van der Waals surface area (Å²) in [5.74, 6) is 1.06. The van der Waals surface area contributed by atoms with Gasteiger partial charge < -0.3 is 14.5 Å². The van der Waals surface area contributed by atoms with E-state index < -0.39 is 0 Å². The number of carbonyl (C=O) groups excluding carboxylic acids is 1. The SMILES string of the molecule is CCC(OC1CCCC1)C(=O)N1CCN(c2ccc(Cl)cn2)CC1. The van der Waals surface area contributed by atoms with Crippen molar-refractivity contribution in [3.63, 3.8) is 0 Å². The second kappa shape index (κ2) is 8.17. The monoisotopic (exact) mass is 351 g/mol. The zero-order valence-electron chi connectivity index (χ0n) is 14.3. The molecule has 1 saturated carbocycles. The van der Waals surface area contributed by atoms with Crippen LogP contribution in [-0.4, -0.2) is 54.2 Å². The molecule has 1 atom stereocenters. The molecular weight excluding hydrogens is 326 g/mol. The predicted octanol–water partition coefficient (Wildman–Crippen LogP) is 3.12. The van der Waals surface area contributed by atoms with Crippen molar-refractivity contribution in [2.45, 2.75) is 51.2 Å². The molecule has 1 amide bonds. The number of halogens is 1. The average Bonchev–Trinajstić information content (AvgIpc) is 3.13. The fourth-order valence-corrected chi connectivity index (χ4v) is 3.61. The van der Waals surface area contributed by atoms with Gasteiger partial charge in [-0.05, 0) is 31.4 Å². The van der Waals surface area contributed by atoms with E-state index in [4.69, 9.17) is 16.3 Å². The highest BCUT2D eigenvalue weighted by molar-refractivity contribution is 6.30. The molecular formula is C18H26ClN3O2. The lowest BCUT2D eigenvalue weighted by molar-refractivity contribution is -0.148. The average molecular weight is 352 g/mol. The summed E-state index contributed by atoms with van der Waals surface area (Å²) >= 11 is 5.89. The zero-order valence-corrected chi connectivity index (χ0v) is 15.0. The second-order valence-electron chi connectivity index (χ2n) is 6.59. The minimum Gasteiger partial charge on any atom is -0.365 e. The van der Waals surface area contributed by atoms with Crippen molar-refractivity contribution in [3.8, 4) is 0 Å². The number of hydrogen-bond donors (Lipinski definition) is 0. The van der Waals surface area contributed by atoms with Crippen LogP contribution in [0, 0.1) is 0 Å². The van der Waals surface area contributed by atoms with Crippen LogP contribution < -0.4 is 4.90 Å². The summed E-state index contributed by atoms with van der Waals surface area (Å²) < 4.78 is 6.07. The van der Waals surface area contributed by atoms with Crippen molar-refractivity contribution in [1.29, 1.82) is 0 Å².